The van der Waals surface area contributed by atoms with Crippen LogP contribution in [0.5, 0.6) is 0 Å². The van der Waals surface area contributed by atoms with Crippen molar-refractivity contribution in [3.05, 3.63) is 99.8 Å². The van der Waals surface area contributed by atoms with Crippen LogP contribution >= 0.6 is 0 Å². The van der Waals surface area contributed by atoms with E-state index in [1.807, 2.05) is 84.6 Å². The highest BCUT2D eigenvalue weighted by molar-refractivity contribution is 5.89. The molecule has 0 spiro atoms. The molecule has 1 aliphatic heterocycles. The van der Waals surface area contributed by atoms with E-state index in [-0.39, 0.29) is 11.6 Å². The van der Waals surface area contributed by atoms with Gasteiger partial charge < -0.3 is 15.1 Å². The smallest absolute Gasteiger partial charge is 0.321 e. The van der Waals surface area contributed by atoms with Crippen molar-refractivity contribution < 1.29 is 4.79 Å². The highest BCUT2D eigenvalue weighted by Crippen LogP contribution is 2.19. The van der Waals surface area contributed by atoms with Crippen LogP contribution in [0.1, 0.15) is 16.7 Å². The molecular formula is C28H29N5O2. The predicted octanol–water partition coefficient (Wildman–Crippen LogP) is 4.42. The van der Waals surface area contributed by atoms with E-state index in [2.05, 4.69) is 12.2 Å². The van der Waals surface area contributed by atoms with Crippen LogP contribution in [0.25, 0.3) is 11.0 Å². The van der Waals surface area contributed by atoms with E-state index in [0.717, 1.165) is 27.8 Å². The molecule has 2 amide bonds. The Morgan fingerprint density at radius 1 is 0.886 bits per heavy atom. The Morgan fingerprint density at radius 3 is 2.34 bits per heavy atom. The van der Waals surface area contributed by atoms with Gasteiger partial charge in [0.1, 0.15) is 0 Å². The maximum Gasteiger partial charge on any atom is 0.321 e. The number of nitrogens with zero attached hydrogens (tertiary/aromatic N) is 4. The number of carbonyl (C=O) groups excluding carboxylic acids is 1. The van der Waals surface area contributed by atoms with Crippen molar-refractivity contribution in [3.8, 4) is 0 Å². The van der Waals surface area contributed by atoms with Gasteiger partial charge in [-0.25, -0.2) is 9.78 Å². The predicted molar refractivity (Wildman–Crippen MR) is 140 cm³/mol. The minimum atomic E-state index is -0.124. The number of benzene rings is 3. The Labute approximate surface area is 204 Å². The number of amides is 2. The zero-order valence-electron chi connectivity index (χ0n) is 20.1. The Kier molecular flexibility index (Phi) is 6.23. The minimum Gasteiger partial charge on any atom is -0.348 e. The molecule has 7 heteroatoms. The number of piperazine rings is 1. The first-order valence-electron chi connectivity index (χ1n) is 11.9. The molecule has 1 saturated heterocycles. The molecule has 5 rings (SSSR count). The summed E-state index contributed by atoms with van der Waals surface area (Å²) >= 11 is 0. The molecule has 3 aromatic carbocycles. The highest BCUT2D eigenvalue weighted by Gasteiger charge is 2.25. The third-order valence-electron chi connectivity index (χ3n) is 6.64. The number of urea groups is 1. The van der Waals surface area contributed by atoms with E-state index in [1.54, 1.807) is 9.47 Å². The molecule has 178 valence electrons. The molecule has 1 aliphatic rings. The number of fused-ring (bicyclic) bond motifs is 1. The number of rotatable bonds is 4. The van der Waals surface area contributed by atoms with E-state index < -0.39 is 0 Å². The molecule has 0 radical (unpaired) electrons. The van der Waals surface area contributed by atoms with Gasteiger partial charge in [-0.15, -0.1) is 0 Å². The summed E-state index contributed by atoms with van der Waals surface area (Å²) in [4.78, 5) is 34.9. The summed E-state index contributed by atoms with van der Waals surface area (Å²) < 4.78 is 1.80. The molecule has 35 heavy (non-hydrogen) atoms. The van der Waals surface area contributed by atoms with Crippen LogP contribution in [0.4, 0.5) is 16.3 Å². The van der Waals surface area contributed by atoms with Gasteiger partial charge in [0.15, 0.2) is 5.82 Å². The molecule has 1 aromatic heterocycles. The number of aryl methyl sites for hydroxylation is 2. The van der Waals surface area contributed by atoms with Crippen molar-refractivity contribution in [2.45, 2.75) is 20.4 Å². The van der Waals surface area contributed by atoms with Gasteiger partial charge in [0.2, 0.25) is 0 Å². The van der Waals surface area contributed by atoms with Gasteiger partial charge in [-0.05, 0) is 54.8 Å². The van der Waals surface area contributed by atoms with E-state index >= 15 is 0 Å². The summed E-state index contributed by atoms with van der Waals surface area (Å²) in [5.41, 5.74) is 5.68. The van der Waals surface area contributed by atoms with Crippen LogP contribution < -0.4 is 15.8 Å². The van der Waals surface area contributed by atoms with Crippen LogP contribution in [0, 0.1) is 13.8 Å². The first-order chi connectivity index (χ1) is 17.0. The lowest BCUT2D eigenvalue weighted by Gasteiger charge is -2.35. The molecule has 0 saturated carbocycles. The lowest BCUT2D eigenvalue weighted by Crippen LogP contribution is -2.51. The Hall–Kier alpha value is -4.13. The lowest BCUT2D eigenvalue weighted by atomic mass is 10.1. The molecule has 0 unspecified atom stereocenters. The number of hydrogen-bond acceptors (Lipinski definition) is 4. The Bertz CT molecular complexity index is 1420. The van der Waals surface area contributed by atoms with Crippen molar-refractivity contribution in [1.82, 2.24) is 14.5 Å². The zero-order valence-corrected chi connectivity index (χ0v) is 20.1. The maximum atomic E-state index is 13.6. The fraction of sp³-hybridized carbons (Fsp3) is 0.250. The third kappa shape index (κ3) is 4.75. The number of carbonyl (C=O) groups is 1. The molecule has 0 atom stereocenters. The molecule has 4 aromatic rings. The van der Waals surface area contributed by atoms with Gasteiger partial charge in [0.25, 0.3) is 5.56 Å². The second kappa shape index (κ2) is 9.62. The number of anilines is 2. The third-order valence-corrected chi connectivity index (χ3v) is 6.64. The van der Waals surface area contributed by atoms with Crippen molar-refractivity contribution in [2.75, 3.05) is 36.4 Å². The SMILES string of the molecule is Cc1ccc(NC(=O)N2CCN(c3nc4ccccc4n(Cc4ccccc4)c3=O)CC2)cc1C. The number of aromatic nitrogens is 2. The average Bonchev–Trinajstić information content (AvgIpc) is 2.88. The van der Waals surface area contributed by atoms with Gasteiger partial charge in [-0.3, -0.25) is 9.36 Å². The topological polar surface area (TPSA) is 70.5 Å². The van der Waals surface area contributed by atoms with Crippen LogP contribution in [-0.2, 0) is 6.54 Å². The molecule has 2 heterocycles. The highest BCUT2D eigenvalue weighted by atomic mass is 16.2. The van der Waals surface area contributed by atoms with Crippen molar-refractivity contribution in [3.63, 3.8) is 0 Å². The normalized spacial score (nSPS) is 13.8. The van der Waals surface area contributed by atoms with Crippen molar-refractivity contribution >= 4 is 28.6 Å². The van der Waals surface area contributed by atoms with Gasteiger partial charge >= 0.3 is 6.03 Å². The Morgan fingerprint density at radius 2 is 1.60 bits per heavy atom. The summed E-state index contributed by atoms with van der Waals surface area (Å²) in [5.74, 6) is 0.439. The monoisotopic (exact) mass is 467 g/mol. The minimum absolute atomic E-state index is 0.111. The van der Waals surface area contributed by atoms with E-state index in [0.29, 0.717) is 38.5 Å². The van der Waals surface area contributed by atoms with Crippen molar-refractivity contribution in [2.24, 2.45) is 0 Å². The van der Waals surface area contributed by atoms with Crippen LogP contribution in [0.3, 0.4) is 0 Å². The summed E-state index contributed by atoms with van der Waals surface area (Å²) in [5, 5.41) is 2.99. The zero-order chi connectivity index (χ0) is 24.4. The van der Waals surface area contributed by atoms with Gasteiger partial charge in [-0.2, -0.15) is 0 Å². The molecule has 0 bridgehead atoms. The average molecular weight is 468 g/mol. The van der Waals surface area contributed by atoms with Crippen molar-refractivity contribution in [1.29, 1.82) is 0 Å². The quantitative estimate of drug-likeness (QED) is 0.483. The maximum absolute atomic E-state index is 13.6. The van der Waals surface area contributed by atoms with Crippen LogP contribution in [0.15, 0.2) is 77.6 Å². The fourth-order valence-corrected chi connectivity index (χ4v) is 4.45. The number of hydrogen-bond donors (Lipinski definition) is 1. The standard InChI is InChI=1S/C28H29N5O2/c1-20-12-13-23(18-21(20)2)29-28(35)32-16-14-31(15-17-32)26-27(34)33(19-22-8-4-3-5-9-22)25-11-7-6-10-24(25)30-26/h3-13,18H,14-17,19H2,1-2H3,(H,29,35). The molecule has 0 aliphatic carbocycles. The summed E-state index contributed by atoms with van der Waals surface area (Å²) in [6.07, 6.45) is 0. The second-order valence-corrected chi connectivity index (χ2v) is 9.00. The first-order valence-corrected chi connectivity index (χ1v) is 11.9. The Balaban J connectivity index is 1.35. The second-order valence-electron chi connectivity index (χ2n) is 9.00. The van der Waals surface area contributed by atoms with Crippen LogP contribution in [0.2, 0.25) is 0 Å². The summed E-state index contributed by atoms with van der Waals surface area (Å²) in [7, 11) is 0. The summed E-state index contributed by atoms with van der Waals surface area (Å²) in [6, 6.07) is 23.5. The van der Waals surface area contributed by atoms with Gasteiger partial charge in [0, 0.05) is 31.9 Å². The lowest BCUT2D eigenvalue weighted by molar-refractivity contribution is 0.208. The van der Waals surface area contributed by atoms with E-state index in [4.69, 9.17) is 4.98 Å². The molecular weight excluding hydrogens is 438 g/mol. The largest absolute Gasteiger partial charge is 0.348 e. The van der Waals surface area contributed by atoms with Crippen LogP contribution in [-0.4, -0.2) is 46.7 Å². The fourth-order valence-electron chi connectivity index (χ4n) is 4.45. The first kappa shape index (κ1) is 22.7. The summed E-state index contributed by atoms with van der Waals surface area (Å²) in [6.45, 7) is 6.69. The van der Waals surface area contributed by atoms with E-state index in [1.165, 1.54) is 5.56 Å². The number of nitrogens with one attached hydrogen (secondary N) is 1. The molecule has 1 N–H and O–H groups in total. The van der Waals surface area contributed by atoms with E-state index in [9.17, 15) is 9.59 Å². The van der Waals surface area contributed by atoms with Gasteiger partial charge in [-0.1, -0.05) is 48.5 Å². The molecule has 7 nitrogen and oxygen atoms in total. The van der Waals surface area contributed by atoms with Gasteiger partial charge in [0.05, 0.1) is 17.6 Å². The number of para-hydroxylation sites is 2. The molecule has 1 fully saturated rings.